The number of nitrogens with zero attached hydrogens (tertiary/aromatic N) is 1. The van der Waals surface area contributed by atoms with Gasteiger partial charge in [0.25, 0.3) is 5.91 Å². The van der Waals surface area contributed by atoms with Crippen LogP contribution in [-0.2, 0) is 0 Å². The van der Waals surface area contributed by atoms with Crippen LogP contribution in [0.1, 0.15) is 47.4 Å². The molecule has 0 unspecified atom stereocenters. The van der Waals surface area contributed by atoms with Gasteiger partial charge in [-0.05, 0) is 51.0 Å². The van der Waals surface area contributed by atoms with Gasteiger partial charge in [0.15, 0.2) is 5.78 Å². The summed E-state index contributed by atoms with van der Waals surface area (Å²) < 4.78 is 5.61. The monoisotopic (exact) mass is 351 g/mol. The average Bonchev–Trinajstić information content (AvgIpc) is 2.68. The highest BCUT2D eigenvalue weighted by Gasteiger charge is 2.28. The summed E-state index contributed by atoms with van der Waals surface area (Å²) in [5, 5.41) is 0. The molecule has 1 aliphatic heterocycles. The first-order chi connectivity index (χ1) is 12.5. The third-order valence-electron chi connectivity index (χ3n) is 4.68. The number of rotatable bonds is 5. The molecular formula is C22H25NO3. The van der Waals surface area contributed by atoms with Crippen LogP contribution in [0.2, 0.25) is 0 Å². The summed E-state index contributed by atoms with van der Waals surface area (Å²) >= 11 is 0. The lowest BCUT2D eigenvalue weighted by Crippen LogP contribution is -2.40. The molecule has 4 nitrogen and oxygen atoms in total. The minimum Gasteiger partial charge on any atom is -0.491 e. The van der Waals surface area contributed by atoms with E-state index < -0.39 is 0 Å². The highest BCUT2D eigenvalue weighted by molar-refractivity contribution is 5.98. The van der Waals surface area contributed by atoms with E-state index in [1.54, 1.807) is 12.1 Å². The number of hydrogen-bond acceptors (Lipinski definition) is 3. The van der Waals surface area contributed by atoms with E-state index in [9.17, 15) is 9.59 Å². The number of piperidine rings is 1. The number of ketones is 1. The van der Waals surface area contributed by atoms with Crippen molar-refractivity contribution in [3.8, 4) is 5.75 Å². The zero-order valence-corrected chi connectivity index (χ0v) is 15.4. The predicted octanol–water partition coefficient (Wildman–Crippen LogP) is 4.21. The van der Waals surface area contributed by atoms with Crippen LogP contribution >= 0.6 is 0 Å². The lowest BCUT2D eigenvalue weighted by Gasteiger charge is -2.31. The Morgan fingerprint density at radius 2 is 1.54 bits per heavy atom. The number of amides is 1. The molecule has 1 heterocycles. The highest BCUT2D eigenvalue weighted by atomic mass is 16.5. The minimum atomic E-state index is 0.00303. The highest BCUT2D eigenvalue weighted by Crippen LogP contribution is 2.23. The van der Waals surface area contributed by atoms with Crippen LogP contribution < -0.4 is 4.74 Å². The third kappa shape index (κ3) is 4.31. The number of ether oxygens (including phenoxy) is 1. The second kappa shape index (κ2) is 8.17. The van der Waals surface area contributed by atoms with E-state index in [1.165, 1.54) is 0 Å². The van der Waals surface area contributed by atoms with Crippen LogP contribution in [0.15, 0.2) is 54.6 Å². The number of Topliss-reactive ketones (excluding diaryl/α,β-unsaturated/α-hetero) is 1. The summed E-state index contributed by atoms with van der Waals surface area (Å²) in [6.45, 7) is 5.18. The van der Waals surface area contributed by atoms with Crippen LogP contribution in [0.4, 0.5) is 0 Å². The molecule has 0 saturated carbocycles. The maximum atomic E-state index is 12.7. The molecule has 3 rings (SSSR count). The molecule has 1 amide bonds. The molecule has 4 heteroatoms. The Morgan fingerprint density at radius 1 is 0.923 bits per heavy atom. The molecular weight excluding hydrogens is 326 g/mol. The van der Waals surface area contributed by atoms with Crippen molar-refractivity contribution in [3.05, 3.63) is 65.7 Å². The van der Waals surface area contributed by atoms with E-state index in [-0.39, 0.29) is 23.7 Å². The molecule has 2 aromatic carbocycles. The molecule has 0 aliphatic carbocycles. The minimum absolute atomic E-state index is 0.00303. The first kappa shape index (κ1) is 18.2. The Hall–Kier alpha value is -2.62. The second-order valence-corrected chi connectivity index (χ2v) is 6.99. The van der Waals surface area contributed by atoms with Gasteiger partial charge in [0.1, 0.15) is 5.75 Å². The van der Waals surface area contributed by atoms with Crippen LogP contribution in [-0.4, -0.2) is 35.8 Å². The van der Waals surface area contributed by atoms with E-state index in [0.29, 0.717) is 31.5 Å². The zero-order chi connectivity index (χ0) is 18.5. The first-order valence-electron chi connectivity index (χ1n) is 9.20. The zero-order valence-electron chi connectivity index (χ0n) is 15.4. The fourth-order valence-corrected chi connectivity index (χ4v) is 3.31. The van der Waals surface area contributed by atoms with Gasteiger partial charge in [-0.2, -0.15) is 0 Å². The number of likely N-dealkylation sites (tertiary alicyclic amines) is 1. The van der Waals surface area contributed by atoms with Crippen molar-refractivity contribution in [2.45, 2.75) is 32.8 Å². The fourth-order valence-electron chi connectivity index (χ4n) is 3.31. The molecule has 2 aromatic rings. The van der Waals surface area contributed by atoms with Gasteiger partial charge in [-0.15, -0.1) is 0 Å². The Kier molecular flexibility index (Phi) is 5.71. The Labute approximate surface area is 154 Å². The third-order valence-corrected chi connectivity index (χ3v) is 4.68. The molecule has 136 valence electrons. The van der Waals surface area contributed by atoms with Crippen LogP contribution in [0, 0.1) is 5.92 Å². The van der Waals surface area contributed by atoms with E-state index in [0.717, 1.165) is 11.3 Å². The van der Waals surface area contributed by atoms with E-state index >= 15 is 0 Å². The lowest BCUT2D eigenvalue weighted by molar-refractivity contribution is 0.0650. The Bertz CT molecular complexity index is 745. The van der Waals surface area contributed by atoms with Gasteiger partial charge in [0.05, 0.1) is 6.10 Å². The number of benzene rings is 2. The summed E-state index contributed by atoms with van der Waals surface area (Å²) in [5.74, 6) is 0.978. The molecule has 1 aliphatic rings. The SMILES string of the molecule is CC(C)Oc1ccc(C(=O)N2CCC(C(=O)c3ccccc3)CC2)cc1. The summed E-state index contributed by atoms with van der Waals surface area (Å²) in [4.78, 5) is 27.1. The standard InChI is InChI=1S/C22H25NO3/c1-16(2)26-20-10-8-19(9-11-20)22(25)23-14-12-18(13-15-23)21(24)17-6-4-3-5-7-17/h3-11,16,18H,12-15H2,1-2H3. The average molecular weight is 351 g/mol. The molecule has 0 atom stereocenters. The van der Waals surface area contributed by atoms with Crippen LogP contribution in [0.25, 0.3) is 0 Å². The maximum absolute atomic E-state index is 12.7. The van der Waals surface area contributed by atoms with Gasteiger partial charge in [-0.3, -0.25) is 9.59 Å². The molecule has 0 spiro atoms. The molecule has 0 aromatic heterocycles. The molecule has 0 radical (unpaired) electrons. The maximum Gasteiger partial charge on any atom is 0.253 e. The van der Waals surface area contributed by atoms with Crippen molar-refractivity contribution in [1.29, 1.82) is 0 Å². The first-order valence-corrected chi connectivity index (χ1v) is 9.20. The van der Waals surface area contributed by atoms with Crippen molar-refractivity contribution in [2.24, 2.45) is 5.92 Å². The normalized spacial score (nSPS) is 15.1. The van der Waals surface area contributed by atoms with Crippen molar-refractivity contribution in [3.63, 3.8) is 0 Å². The second-order valence-electron chi connectivity index (χ2n) is 6.99. The van der Waals surface area contributed by atoms with Crippen LogP contribution in [0.5, 0.6) is 5.75 Å². The summed E-state index contributed by atoms with van der Waals surface area (Å²) in [7, 11) is 0. The van der Waals surface area contributed by atoms with Crippen LogP contribution in [0.3, 0.4) is 0 Å². The van der Waals surface area contributed by atoms with Crippen molar-refractivity contribution in [2.75, 3.05) is 13.1 Å². The molecule has 1 fully saturated rings. The summed E-state index contributed by atoms with van der Waals surface area (Å²) in [5.41, 5.74) is 1.42. The van der Waals surface area contributed by atoms with Gasteiger partial charge >= 0.3 is 0 Å². The largest absolute Gasteiger partial charge is 0.491 e. The quantitative estimate of drug-likeness (QED) is 0.758. The van der Waals surface area contributed by atoms with Gasteiger partial charge in [0, 0.05) is 30.1 Å². The van der Waals surface area contributed by atoms with Crippen molar-refractivity contribution >= 4 is 11.7 Å². The van der Waals surface area contributed by atoms with Crippen molar-refractivity contribution < 1.29 is 14.3 Å². The molecule has 26 heavy (non-hydrogen) atoms. The Morgan fingerprint density at radius 3 is 2.12 bits per heavy atom. The molecule has 0 bridgehead atoms. The number of hydrogen-bond donors (Lipinski definition) is 0. The number of carbonyl (C=O) groups is 2. The van der Waals surface area contributed by atoms with Gasteiger partial charge in [-0.25, -0.2) is 0 Å². The fraction of sp³-hybridized carbons (Fsp3) is 0.364. The van der Waals surface area contributed by atoms with E-state index in [1.807, 2.05) is 61.2 Å². The van der Waals surface area contributed by atoms with E-state index in [4.69, 9.17) is 4.74 Å². The Balaban J connectivity index is 1.57. The van der Waals surface area contributed by atoms with Crippen molar-refractivity contribution in [1.82, 2.24) is 4.90 Å². The molecule has 0 N–H and O–H groups in total. The van der Waals surface area contributed by atoms with E-state index in [2.05, 4.69) is 0 Å². The predicted molar refractivity (Wildman–Crippen MR) is 102 cm³/mol. The topological polar surface area (TPSA) is 46.6 Å². The van der Waals surface area contributed by atoms with Gasteiger partial charge in [-0.1, -0.05) is 30.3 Å². The molecule has 1 saturated heterocycles. The number of carbonyl (C=O) groups excluding carboxylic acids is 2. The van der Waals surface area contributed by atoms with Gasteiger partial charge in [0.2, 0.25) is 0 Å². The summed E-state index contributed by atoms with van der Waals surface area (Å²) in [6.07, 6.45) is 1.54. The summed E-state index contributed by atoms with van der Waals surface area (Å²) in [6, 6.07) is 16.7. The smallest absolute Gasteiger partial charge is 0.253 e. The lowest BCUT2D eigenvalue weighted by atomic mass is 9.88. The van der Waals surface area contributed by atoms with Gasteiger partial charge < -0.3 is 9.64 Å².